The Morgan fingerprint density at radius 3 is 2.22 bits per heavy atom. The molecule has 1 saturated carbocycles. The van der Waals surface area contributed by atoms with Gasteiger partial charge in [0.25, 0.3) is 0 Å². The molecule has 154 valence electrons. The highest BCUT2D eigenvalue weighted by Gasteiger charge is 2.53. The molecule has 0 radical (unpaired) electrons. The molecule has 27 heavy (non-hydrogen) atoms. The average Bonchev–Trinajstić information content (AvgIpc) is 2.72. The van der Waals surface area contributed by atoms with Gasteiger partial charge in [-0.15, -0.1) is 6.58 Å². The van der Waals surface area contributed by atoms with Crippen molar-refractivity contribution in [1.82, 2.24) is 16.0 Å². The summed E-state index contributed by atoms with van der Waals surface area (Å²) in [5, 5.41) is 8.69. The molecule has 0 aromatic heterocycles. The van der Waals surface area contributed by atoms with Gasteiger partial charge in [0.2, 0.25) is 11.8 Å². The van der Waals surface area contributed by atoms with Crippen LogP contribution in [0.25, 0.3) is 0 Å². The summed E-state index contributed by atoms with van der Waals surface area (Å²) in [6.07, 6.45) is 2.60. The molecule has 1 fully saturated rings. The first-order chi connectivity index (χ1) is 12.2. The molecule has 1 aliphatic carbocycles. The first kappa shape index (κ1) is 23.0. The van der Waals surface area contributed by atoms with E-state index < -0.39 is 22.8 Å². The summed E-state index contributed by atoms with van der Waals surface area (Å²) < 4.78 is 5.33. The maximum atomic E-state index is 13.2. The van der Waals surface area contributed by atoms with Crippen molar-refractivity contribution in [2.24, 2.45) is 5.92 Å². The molecule has 0 spiro atoms. The molecule has 7 nitrogen and oxygen atoms in total. The Kier molecular flexibility index (Phi) is 7.08. The summed E-state index contributed by atoms with van der Waals surface area (Å²) >= 11 is 0. The van der Waals surface area contributed by atoms with Crippen molar-refractivity contribution in [2.75, 3.05) is 0 Å². The van der Waals surface area contributed by atoms with E-state index in [1.54, 1.807) is 26.8 Å². The average molecular weight is 382 g/mol. The van der Waals surface area contributed by atoms with Gasteiger partial charge >= 0.3 is 6.09 Å². The van der Waals surface area contributed by atoms with Crippen LogP contribution in [0.3, 0.4) is 0 Å². The van der Waals surface area contributed by atoms with Gasteiger partial charge in [-0.1, -0.05) is 6.08 Å². The summed E-state index contributed by atoms with van der Waals surface area (Å²) in [5.41, 5.74) is -2.16. The first-order valence-corrected chi connectivity index (χ1v) is 9.40. The number of hydrogen-bond donors (Lipinski definition) is 3. The van der Waals surface area contributed by atoms with Crippen molar-refractivity contribution in [2.45, 2.75) is 90.4 Å². The molecule has 3 amide bonds. The van der Waals surface area contributed by atoms with Crippen LogP contribution >= 0.6 is 0 Å². The van der Waals surface area contributed by atoms with Gasteiger partial charge in [0, 0.05) is 24.9 Å². The molecule has 0 bridgehead atoms. The SMILES string of the molecule is C=CC[C@H]1CC(NC(=O)OC(C)(C)C)C[C@@]1(NC(C)=O)C(=O)NC(C)(C)C. The van der Waals surface area contributed by atoms with Crippen molar-refractivity contribution < 1.29 is 19.1 Å². The second-order valence-corrected chi connectivity index (χ2v) is 9.36. The van der Waals surface area contributed by atoms with Gasteiger partial charge < -0.3 is 20.7 Å². The fourth-order valence-electron chi connectivity index (χ4n) is 3.52. The molecule has 0 aliphatic heterocycles. The van der Waals surface area contributed by atoms with E-state index >= 15 is 0 Å². The fraction of sp³-hybridized carbons (Fsp3) is 0.750. The number of carbonyl (C=O) groups excluding carboxylic acids is 3. The highest BCUT2D eigenvalue weighted by atomic mass is 16.6. The first-order valence-electron chi connectivity index (χ1n) is 9.40. The Morgan fingerprint density at radius 1 is 1.19 bits per heavy atom. The zero-order valence-electron chi connectivity index (χ0n) is 17.7. The van der Waals surface area contributed by atoms with E-state index in [0.29, 0.717) is 19.3 Å². The minimum absolute atomic E-state index is 0.179. The number of ether oxygens (including phenoxy) is 1. The van der Waals surface area contributed by atoms with Gasteiger partial charge in [-0.2, -0.15) is 0 Å². The highest BCUT2D eigenvalue weighted by molar-refractivity contribution is 5.92. The lowest BCUT2D eigenvalue weighted by molar-refractivity contribution is -0.135. The van der Waals surface area contributed by atoms with E-state index in [0.717, 1.165) is 0 Å². The van der Waals surface area contributed by atoms with Crippen LogP contribution < -0.4 is 16.0 Å². The second-order valence-electron chi connectivity index (χ2n) is 9.36. The molecule has 7 heteroatoms. The molecule has 0 heterocycles. The van der Waals surface area contributed by atoms with Gasteiger partial charge in [0.15, 0.2) is 0 Å². The number of allylic oxidation sites excluding steroid dienone is 1. The van der Waals surface area contributed by atoms with Crippen molar-refractivity contribution >= 4 is 17.9 Å². The Hall–Kier alpha value is -2.05. The van der Waals surface area contributed by atoms with Crippen LogP contribution in [0.5, 0.6) is 0 Å². The molecule has 1 aliphatic rings. The lowest BCUT2D eigenvalue weighted by Crippen LogP contribution is -2.63. The Morgan fingerprint density at radius 2 is 1.78 bits per heavy atom. The number of alkyl carbamates (subject to hydrolysis) is 1. The molecule has 0 saturated heterocycles. The van der Waals surface area contributed by atoms with Crippen molar-refractivity contribution in [3.63, 3.8) is 0 Å². The molecule has 1 rings (SSSR count). The number of rotatable bonds is 5. The zero-order valence-corrected chi connectivity index (χ0v) is 17.7. The van der Waals surface area contributed by atoms with Crippen LogP contribution in [0.15, 0.2) is 12.7 Å². The van der Waals surface area contributed by atoms with E-state index in [4.69, 9.17) is 4.74 Å². The third-order valence-corrected chi connectivity index (χ3v) is 4.30. The van der Waals surface area contributed by atoms with E-state index in [-0.39, 0.29) is 23.8 Å². The highest BCUT2D eigenvalue weighted by Crippen LogP contribution is 2.39. The maximum absolute atomic E-state index is 13.2. The van der Waals surface area contributed by atoms with Crippen molar-refractivity contribution in [3.8, 4) is 0 Å². The van der Waals surface area contributed by atoms with Gasteiger partial charge in [0.1, 0.15) is 11.1 Å². The summed E-state index contributed by atoms with van der Waals surface area (Å²) in [4.78, 5) is 37.2. The van der Waals surface area contributed by atoms with Crippen LogP contribution in [0.1, 0.15) is 67.7 Å². The number of nitrogens with one attached hydrogen (secondary N) is 3. The fourth-order valence-corrected chi connectivity index (χ4v) is 3.52. The molecule has 0 aromatic carbocycles. The third-order valence-electron chi connectivity index (χ3n) is 4.30. The number of amides is 3. The van der Waals surface area contributed by atoms with Gasteiger partial charge in [0.05, 0.1) is 0 Å². The summed E-state index contributed by atoms with van der Waals surface area (Å²) in [5.74, 6) is -0.710. The molecule has 1 unspecified atom stereocenters. The maximum Gasteiger partial charge on any atom is 0.407 e. The summed E-state index contributed by atoms with van der Waals surface area (Å²) in [6, 6.07) is -0.289. The van der Waals surface area contributed by atoms with E-state index in [2.05, 4.69) is 22.5 Å². The topological polar surface area (TPSA) is 96.5 Å². The monoisotopic (exact) mass is 381 g/mol. The van der Waals surface area contributed by atoms with E-state index in [1.807, 2.05) is 20.8 Å². The van der Waals surface area contributed by atoms with Crippen molar-refractivity contribution in [1.29, 1.82) is 0 Å². The van der Waals surface area contributed by atoms with E-state index in [9.17, 15) is 14.4 Å². The quantitative estimate of drug-likeness (QED) is 0.638. The predicted molar refractivity (Wildman–Crippen MR) is 105 cm³/mol. The second kappa shape index (κ2) is 8.31. The Labute approximate surface area is 162 Å². The van der Waals surface area contributed by atoms with Crippen LogP contribution in [0.2, 0.25) is 0 Å². The Balaban J connectivity index is 3.10. The molecular formula is C20H35N3O4. The van der Waals surface area contributed by atoms with Gasteiger partial charge in [-0.3, -0.25) is 9.59 Å². The molecule has 0 aromatic rings. The largest absolute Gasteiger partial charge is 0.444 e. The smallest absolute Gasteiger partial charge is 0.407 e. The number of hydrogen-bond acceptors (Lipinski definition) is 4. The van der Waals surface area contributed by atoms with Crippen molar-refractivity contribution in [3.05, 3.63) is 12.7 Å². The molecule has 3 N–H and O–H groups in total. The summed E-state index contributed by atoms with van der Waals surface area (Å²) in [7, 11) is 0. The van der Waals surface area contributed by atoms with Crippen LogP contribution in [-0.2, 0) is 14.3 Å². The normalized spacial score (nSPS) is 25.4. The molecule has 3 atom stereocenters. The Bertz CT molecular complexity index is 589. The van der Waals surface area contributed by atoms with Gasteiger partial charge in [-0.05, 0) is 60.3 Å². The molecular weight excluding hydrogens is 346 g/mol. The lowest BCUT2D eigenvalue weighted by Gasteiger charge is -2.37. The predicted octanol–water partition coefficient (Wildman–Crippen LogP) is 2.66. The standard InChI is InChI=1S/C20H35N3O4/c1-9-10-14-11-15(21-17(26)27-19(6,7)8)12-20(14,22-13(2)24)16(25)23-18(3,4)5/h9,14-15H,1,10-12H2,2-8H3,(H,21,26)(H,22,24)(H,23,25)/t14-,15?,20-/m0/s1. The lowest BCUT2D eigenvalue weighted by atomic mass is 9.82. The van der Waals surface area contributed by atoms with Crippen LogP contribution in [0, 0.1) is 5.92 Å². The van der Waals surface area contributed by atoms with E-state index in [1.165, 1.54) is 6.92 Å². The minimum atomic E-state index is -1.10. The van der Waals surface area contributed by atoms with Crippen LogP contribution in [-0.4, -0.2) is 40.6 Å². The number of carbonyl (C=O) groups is 3. The third kappa shape index (κ3) is 6.88. The minimum Gasteiger partial charge on any atom is -0.444 e. The van der Waals surface area contributed by atoms with Gasteiger partial charge in [-0.25, -0.2) is 4.79 Å². The summed E-state index contributed by atoms with van der Waals surface area (Å²) in [6.45, 7) is 16.2. The zero-order chi connectivity index (χ0) is 21.0. The van der Waals surface area contributed by atoms with Crippen LogP contribution in [0.4, 0.5) is 4.79 Å².